The van der Waals surface area contributed by atoms with Gasteiger partial charge in [-0.05, 0) is 100 Å². The monoisotopic (exact) mass is 1220 g/mol. The predicted molar refractivity (Wildman–Crippen MR) is 321 cm³/mol. The van der Waals surface area contributed by atoms with Crippen LogP contribution in [0.3, 0.4) is 0 Å². The Morgan fingerprint density at radius 2 is 0.466 bits per heavy atom. The molecule has 0 N–H and O–H groups in total. The summed E-state index contributed by atoms with van der Waals surface area (Å²) in [7, 11) is 5.04. The number of hydrogen-bond donors (Lipinski definition) is 0. The molecule has 476 valence electrons. The summed E-state index contributed by atoms with van der Waals surface area (Å²) in [6, 6.07) is 31.9. The van der Waals surface area contributed by atoms with E-state index in [-0.39, 0.29) is 68.8 Å². The number of unbranched alkanes of at least 4 members (excludes halogenated alkanes) is 4. The molecule has 5 aromatic carbocycles. The van der Waals surface area contributed by atoms with Gasteiger partial charge >= 0.3 is 65.7 Å². The number of hydrogen-bond acceptors (Lipinski definition) is 22. The van der Waals surface area contributed by atoms with Gasteiger partial charge in [0.2, 0.25) is 0 Å². The van der Waals surface area contributed by atoms with Crippen LogP contribution in [0.15, 0.2) is 121 Å². The molecule has 0 aliphatic heterocycles. The van der Waals surface area contributed by atoms with E-state index in [2.05, 4.69) is 37.5 Å². The minimum absolute atomic E-state index is 0.0512. The lowest BCUT2D eigenvalue weighted by atomic mass is 10.1. The molecule has 22 heteroatoms. The van der Waals surface area contributed by atoms with Gasteiger partial charge in [0, 0.05) is 0 Å². The summed E-state index contributed by atoms with van der Waals surface area (Å²) in [6.45, 7) is 12.7. The van der Waals surface area contributed by atoms with Crippen molar-refractivity contribution >= 4 is 65.7 Å². The number of esters is 11. The van der Waals surface area contributed by atoms with Crippen LogP contribution < -0.4 is 0 Å². The van der Waals surface area contributed by atoms with E-state index in [0.29, 0.717) is 26.4 Å². The Morgan fingerprint density at radius 3 is 0.682 bits per heavy atom. The van der Waals surface area contributed by atoms with E-state index in [1.807, 2.05) is 13.8 Å². The molecule has 0 bridgehead atoms. The average molecular weight is 1230 g/mol. The third kappa shape index (κ3) is 28.0. The number of carbonyl (C=O) groups is 11. The Morgan fingerprint density at radius 1 is 0.250 bits per heavy atom. The number of benzene rings is 5. The molecular weight excluding hydrogens is 1140 g/mol. The van der Waals surface area contributed by atoms with Crippen LogP contribution in [0.1, 0.15) is 196 Å². The van der Waals surface area contributed by atoms with Gasteiger partial charge in [0.05, 0.1) is 124 Å². The van der Waals surface area contributed by atoms with E-state index in [9.17, 15) is 52.7 Å². The minimum atomic E-state index is -0.776. The Bertz CT molecular complexity index is 2790. The van der Waals surface area contributed by atoms with Gasteiger partial charge in [0.15, 0.2) is 6.61 Å². The van der Waals surface area contributed by atoms with E-state index < -0.39 is 72.3 Å². The van der Waals surface area contributed by atoms with Gasteiger partial charge in [-0.2, -0.15) is 0 Å². The molecule has 0 amide bonds. The standard InChI is InChI=1S/C18H26O4.C14H16O6.C14H18O4.2C10H10O4/c1-3-5-9-13-21-17(19)15-11-7-8-12-16(15)18(20)22-14-10-6-4-2;1-3-18-12(15)9-20-14(17)11-8-6-5-7-10(11)13(16)19-4-2;1-3-9-17-13(15)11-7-5-6-8-12(11)14(16)18-10-4-2;2*1-13-9(11)7-5-3-4-6-8(7)10(12)14-2/h7-8,11-12H,3-6,9-10,13-14H2,1-2H3;5-8H,3-4,9H2,1-2H3;5-8H,3-4,9-10H2,1-2H3;2*3-6H,1-2H3. The Hall–Kier alpha value is -9.73. The molecule has 0 saturated heterocycles. The number of rotatable bonds is 26. The van der Waals surface area contributed by atoms with Gasteiger partial charge in [-0.1, -0.05) is 114 Å². The van der Waals surface area contributed by atoms with Crippen molar-refractivity contribution in [3.8, 4) is 0 Å². The highest BCUT2D eigenvalue weighted by atomic mass is 16.6. The third-order valence-electron chi connectivity index (χ3n) is 11.3. The summed E-state index contributed by atoms with van der Waals surface area (Å²) in [4.78, 5) is 127. The lowest BCUT2D eigenvalue weighted by molar-refractivity contribution is -0.146. The van der Waals surface area contributed by atoms with Crippen molar-refractivity contribution in [3.63, 3.8) is 0 Å². The van der Waals surface area contributed by atoms with E-state index in [0.717, 1.165) is 51.4 Å². The second kappa shape index (κ2) is 45.6. The van der Waals surface area contributed by atoms with Gasteiger partial charge in [0.25, 0.3) is 0 Å². The van der Waals surface area contributed by atoms with E-state index in [4.69, 9.17) is 28.4 Å². The topological polar surface area (TPSA) is 289 Å². The molecule has 0 fully saturated rings. The Balaban J connectivity index is 0.000000556. The van der Waals surface area contributed by atoms with Gasteiger partial charge < -0.3 is 52.1 Å². The average Bonchev–Trinajstić information content (AvgIpc) is 3.76. The second-order valence-corrected chi connectivity index (χ2v) is 17.8. The molecular formula is C66H80O22. The third-order valence-corrected chi connectivity index (χ3v) is 11.3. The first-order valence-electron chi connectivity index (χ1n) is 28.4. The van der Waals surface area contributed by atoms with Crippen LogP contribution in [0.2, 0.25) is 0 Å². The molecule has 0 saturated carbocycles. The van der Waals surface area contributed by atoms with E-state index in [1.54, 1.807) is 98.8 Å². The Kier molecular flexibility index (Phi) is 39.5. The van der Waals surface area contributed by atoms with Crippen molar-refractivity contribution in [2.45, 2.75) is 92.9 Å². The van der Waals surface area contributed by atoms with Crippen LogP contribution in [-0.4, -0.2) is 140 Å². The van der Waals surface area contributed by atoms with Crippen LogP contribution in [0, 0.1) is 0 Å². The molecule has 0 atom stereocenters. The first-order valence-corrected chi connectivity index (χ1v) is 28.4. The zero-order valence-electron chi connectivity index (χ0n) is 51.6. The Labute approximate surface area is 513 Å². The zero-order chi connectivity index (χ0) is 65.7. The second-order valence-electron chi connectivity index (χ2n) is 17.8. The summed E-state index contributed by atoms with van der Waals surface area (Å²) in [5.74, 6) is -6.13. The lowest BCUT2D eigenvalue weighted by Crippen LogP contribution is -2.19. The normalized spacial score (nSPS) is 9.75. The molecule has 5 aromatic rings. The first kappa shape index (κ1) is 76.3. The lowest BCUT2D eigenvalue weighted by Gasteiger charge is -2.09. The summed E-state index contributed by atoms with van der Waals surface area (Å²) < 4.78 is 52.9. The molecule has 0 heterocycles. The molecule has 22 nitrogen and oxygen atoms in total. The maximum Gasteiger partial charge on any atom is 0.344 e. The van der Waals surface area contributed by atoms with Crippen LogP contribution in [0.4, 0.5) is 0 Å². The van der Waals surface area contributed by atoms with Gasteiger partial charge in [0.1, 0.15) is 0 Å². The zero-order valence-corrected chi connectivity index (χ0v) is 51.6. The van der Waals surface area contributed by atoms with Crippen LogP contribution in [-0.2, 0) is 56.9 Å². The van der Waals surface area contributed by atoms with Gasteiger partial charge in [-0.3, -0.25) is 0 Å². The summed E-state index contributed by atoms with van der Waals surface area (Å²) in [5.41, 5.74) is 2.06. The molecule has 88 heavy (non-hydrogen) atoms. The first-order chi connectivity index (χ1) is 42.4. The van der Waals surface area contributed by atoms with E-state index in [1.165, 1.54) is 64.8 Å². The summed E-state index contributed by atoms with van der Waals surface area (Å²) >= 11 is 0. The highest BCUT2D eigenvalue weighted by Gasteiger charge is 2.23. The maximum absolute atomic E-state index is 12.1. The molecule has 0 aromatic heterocycles. The number of methoxy groups -OCH3 is 4. The smallest absolute Gasteiger partial charge is 0.344 e. The summed E-state index contributed by atoms with van der Waals surface area (Å²) in [6.07, 6.45) is 7.35. The fourth-order valence-corrected chi connectivity index (χ4v) is 6.98. The van der Waals surface area contributed by atoms with E-state index >= 15 is 0 Å². The minimum Gasteiger partial charge on any atom is -0.465 e. The highest BCUT2D eigenvalue weighted by Crippen LogP contribution is 2.17. The largest absolute Gasteiger partial charge is 0.465 e. The van der Waals surface area contributed by atoms with Crippen molar-refractivity contribution in [1.29, 1.82) is 0 Å². The van der Waals surface area contributed by atoms with Crippen molar-refractivity contribution in [3.05, 3.63) is 177 Å². The molecule has 5 rings (SSSR count). The molecule has 0 radical (unpaired) electrons. The quantitative estimate of drug-likeness (QED) is 0.0282. The van der Waals surface area contributed by atoms with Crippen molar-refractivity contribution in [1.82, 2.24) is 0 Å². The van der Waals surface area contributed by atoms with Gasteiger partial charge in [-0.15, -0.1) is 0 Å². The van der Waals surface area contributed by atoms with Gasteiger partial charge in [-0.25, -0.2) is 52.7 Å². The number of ether oxygens (including phenoxy) is 11. The molecule has 0 aliphatic rings. The SMILES string of the molecule is CCCCCOC(=O)c1ccccc1C(=O)OCCCCC.CCCOC(=O)c1ccccc1C(=O)OCCC.CCOC(=O)COC(=O)c1ccccc1C(=O)OCC.COC(=O)c1ccccc1C(=O)OC.COC(=O)c1ccccc1C(=O)OC. The summed E-state index contributed by atoms with van der Waals surface area (Å²) in [5, 5.41) is 0. The van der Waals surface area contributed by atoms with Crippen molar-refractivity contribution < 1.29 is 105 Å². The van der Waals surface area contributed by atoms with Crippen LogP contribution >= 0.6 is 0 Å². The van der Waals surface area contributed by atoms with Crippen LogP contribution in [0.25, 0.3) is 0 Å². The fraction of sp³-hybridized carbons (Fsp3) is 0.379. The fourth-order valence-electron chi connectivity index (χ4n) is 6.98. The maximum atomic E-state index is 12.1. The predicted octanol–water partition coefficient (Wildman–Crippen LogP) is 11.3. The van der Waals surface area contributed by atoms with Crippen molar-refractivity contribution in [2.24, 2.45) is 0 Å². The van der Waals surface area contributed by atoms with Crippen LogP contribution in [0.5, 0.6) is 0 Å². The molecule has 0 aliphatic carbocycles. The van der Waals surface area contributed by atoms with Crippen molar-refractivity contribution in [2.75, 3.05) is 74.7 Å². The highest BCUT2D eigenvalue weighted by molar-refractivity contribution is 6.06. The molecule has 0 unspecified atom stereocenters. The molecule has 0 spiro atoms. The number of carbonyl (C=O) groups excluding carboxylic acids is 11.